The molecule has 5 rings (SSSR count). The van der Waals surface area contributed by atoms with Crippen LogP contribution >= 0.6 is 0 Å². The van der Waals surface area contributed by atoms with E-state index in [9.17, 15) is 9.59 Å². The predicted molar refractivity (Wildman–Crippen MR) is 118 cm³/mol. The Kier molecular flexibility index (Phi) is 4.91. The molecule has 3 heterocycles. The summed E-state index contributed by atoms with van der Waals surface area (Å²) in [4.78, 5) is 31.2. The second-order valence-electron chi connectivity index (χ2n) is 9.83. The standard InChI is InChI=1S/C25H32N4O2/c1-17(30)28-20(15-18-9-5-4-6-10-18)21-16-25(2)22(28)11-7-8-12-23(25)29(21)24(31)19-13-14-26-27(19)3/h4-6,9-10,13-14,20-23H,7-8,11-12,15-16H2,1-3H3/t20-,21+,22-,23+,25-/m1/s1. The van der Waals surface area contributed by atoms with Gasteiger partial charge in [0.1, 0.15) is 5.69 Å². The average Bonchev–Trinajstić information content (AvgIpc) is 3.23. The number of hydrogen-bond donors (Lipinski definition) is 0. The maximum Gasteiger partial charge on any atom is 0.272 e. The van der Waals surface area contributed by atoms with Crippen molar-refractivity contribution in [3.8, 4) is 0 Å². The van der Waals surface area contributed by atoms with Gasteiger partial charge >= 0.3 is 0 Å². The number of nitrogens with zero attached hydrogens (tertiary/aromatic N) is 4. The Hall–Kier alpha value is -2.63. The van der Waals surface area contributed by atoms with Gasteiger partial charge < -0.3 is 9.80 Å². The lowest BCUT2D eigenvalue weighted by Gasteiger charge is -2.50. The van der Waals surface area contributed by atoms with Gasteiger partial charge in [0.25, 0.3) is 5.91 Å². The summed E-state index contributed by atoms with van der Waals surface area (Å²) < 4.78 is 1.68. The molecule has 0 spiro atoms. The Bertz CT molecular complexity index is 986. The predicted octanol–water partition coefficient (Wildman–Crippen LogP) is 3.43. The monoisotopic (exact) mass is 420 g/mol. The van der Waals surface area contributed by atoms with Crippen LogP contribution in [0.1, 0.15) is 62.0 Å². The number of benzene rings is 1. The summed E-state index contributed by atoms with van der Waals surface area (Å²) in [5.41, 5.74) is 1.79. The first-order valence-corrected chi connectivity index (χ1v) is 11.6. The second-order valence-corrected chi connectivity index (χ2v) is 9.83. The Morgan fingerprint density at radius 3 is 2.35 bits per heavy atom. The van der Waals surface area contributed by atoms with E-state index in [4.69, 9.17) is 0 Å². The van der Waals surface area contributed by atoms with Crippen molar-refractivity contribution in [2.75, 3.05) is 0 Å². The summed E-state index contributed by atoms with van der Waals surface area (Å²) in [5.74, 6) is 0.195. The van der Waals surface area contributed by atoms with Crippen LogP contribution in [0.25, 0.3) is 0 Å². The van der Waals surface area contributed by atoms with Crippen LogP contribution in [0.15, 0.2) is 42.6 Å². The molecule has 3 aliphatic rings. The number of hydrogen-bond acceptors (Lipinski definition) is 3. The molecule has 2 aliphatic heterocycles. The van der Waals surface area contributed by atoms with Gasteiger partial charge in [0.2, 0.25) is 5.91 Å². The summed E-state index contributed by atoms with van der Waals surface area (Å²) in [6, 6.07) is 12.6. The highest BCUT2D eigenvalue weighted by atomic mass is 16.2. The van der Waals surface area contributed by atoms with Crippen molar-refractivity contribution in [3.05, 3.63) is 53.9 Å². The molecule has 2 aromatic rings. The molecule has 0 unspecified atom stereocenters. The van der Waals surface area contributed by atoms with Gasteiger partial charge in [-0.3, -0.25) is 14.3 Å². The number of aromatic nitrogens is 2. The Balaban J connectivity index is 1.62. The Labute approximate surface area is 184 Å². The van der Waals surface area contributed by atoms with E-state index < -0.39 is 0 Å². The third kappa shape index (κ3) is 3.10. The lowest BCUT2D eigenvalue weighted by atomic mass is 9.69. The van der Waals surface area contributed by atoms with Gasteiger partial charge in [-0.25, -0.2) is 0 Å². The number of piperidine rings is 1. The van der Waals surface area contributed by atoms with Crippen LogP contribution in [0, 0.1) is 5.41 Å². The molecule has 6 nitrogen and oxygen atoms in total. The molecule has 1 aliphatic carbocycles. The van der Waals surface area contributed by atoms with Gasteiger partial charge in [0.05, 0.1) is 12.1 Å². The SMILES string of the molecule is CC(=O)N1[C@H](Cc2ccccc2)[C@@H]2C[C@@]3(C)[C@H](CCCC[C@@H]13)N2C(=O)c1ccnn1C. The van der Waals surface area contributed by atoms with E-state index >= 15 is 0 Å². The van der Waals surface area contributed by atoms with Gasteiger partial charge in [-0.05, 0) is 37.3 Å². The highest BCUT2D eigenvalue weighted by Crippen LogP contribution is 2.55. The quantitative estimate of drug-likeness (QED) is 0.764. The minimum absolute atomic E-state index is 0.00162. The van der Waals surface area contributed by atoms with E-state index in [0.717, 1.165) is 38.5 Å². The molecule has 2 bridgehead atoms. The average molecular weight is 421 g/mol. The van der Waals surface area contributed by atoms with Gasteiger partial charge in [-0.2, -0.15) is 5.10 Å². The molecule has 5 atom stereocenters. The van der Waals surface area contributed by atoms with Crippen molar-refractivity contribution in [1.29, 1.82) is 0 Å². The maximum atomic E-state index is 13.9. The number of rotatable bonds is 3. The first-order valence-electron chi connectivity index (χ1n) is 11.6. The molecular weight excluding hydrogens is 388 g/mol. The number of carbonyl (C=O) groups excluding carboxylic acids is 2. The van der Waals surface area contributed by atoms with E-state index in [0.29, 0.717) is 5.69 Å². The van der Waals surface area contributed by atoms with Gasteiger partial charge in [0.15, 0.2) is 0 Å². The van der Waals surface area contributed by atoms with Crippen molar-refractivity contribution < 1.29 is 9.59 Å². The molecule has 3 fully saturated rings. The lowest BCUT2D eigenvalue weighted by molar-refractivity contribution is -0.141. The largest absolute Gasteiger partial charge is 0.334 e. The second kappa shape index (κ2) is 7.50. The molecule has 164 valence electrons. The van der Waals surface area contributed by atoms with E-state index in [1.807, 2.05) is 19.2 Å². The van der Waals surface area contributed by atoms with Crippen molar-refractivity contribution in [1.82, 2.24) is 19.6 Å². The van der Waals surface area contributed by atoms with Gasteiger partial charge in [-0.15, -0.1) is 0 Å². The molecule has 1 aromatic carbocycles. The van der Waals surface area contributed by atoms with Crippen molar-refractivity contribution in [3.63, 3.8) is 0 Å². The lowest BCUT2D eigenvalue weighted by Crippen LogP contribution is -2.61. The fourth-order valence-electron chi connectivity index (χ4n) is 6.81. The fourth-order valence-corrected chi connectivity index (χ4v) is 6.81. The summed E-state index contributed by atoms with van der Waals surface area (Å²) in [6.07, 6.45) is 7.68. The molecule has 2 amide bonds. The van der Waals surface area contributed by atoms with Gasteiger partial charge in [-0.1, -0.05) is 50.1 Å². The normalized spacial score (nSPS) is 32.1. The summed E-state index contributed by atoms with van der Waals surface area (Å²) in [7, 11) is 1.83. The van der Waals surface area contributed by atoms with Crippen molar-refractivity contribution in [2.45, 2.75) is 76.5 Å². The number of amides is 2. The van der Waals surface area contributed by atoms with Crippen LogP contribution in [0.5, 0.6) is 0 Å². The van der Waals surface area contributed by atoms with Crippen LogP contribution in [0.2, 0.25) is 0 Å². The topological polar surface area (TPSA) is 58.4 Å². The van der Waals surface area contributed by atoms with E-state index in [1.165, 1.54) is 5.56 Å². The smallest absolute Gasteiger partial charge is 0.272 e. The molecular formula is C25H32N4O2. The summed E-state index contributed by atoms with van der Waals surface area (Å²) in [5, 5.41) is 4.24. The highest BCUT2D eigenvalue weighted by Gasteiger charge is 2.63. The van der Waals surface area contributed by atoms with Crippen LogP contribution < -0.4 is 0 Å². The summed E-state index contributed by atoms with van der Waals surface area (Å²) in [6.45, 7) is 4.03. The number of likely N-dealkylation sites (tertiary alicyclic amines) is 2. The van der Waals surface area contributed by atoms with Crippen LogP contribution in [-0.4, -0.2) is 55.6 Å². The van der Waals surface area contributed by atoms with E-state index in [1.54, 1.807) is 17.8 Å². The molecule has 2 saturated heterocycles. The Morgan fingerprint density at radius 2 is 1.74 bits per heavy atom. The minimum atomic E-state index is -0.0612. The molecule has 1 saturated carbocycles. The zero-order valence-corrected chi connectivity index (χ0v) is 18.7. The molecule has 0 radical (unpaired) electrons. The van der Waals surface area contributed by atoms with E-state index in [-0.39, 0.29) is 41.4 Å². The first kappa shape index (κ1) is 20.3. The molecule has 1 aromatic heterocycles. The van der Waals surface area contributed by atoms with Crippen LogP contribution in [0.3, 0.4) is 0 Å². The molecule has 0 N–H and O–H groups in total. The first-order chi connectivity index (χ1) is 14.9. The number of aryl methyl sites for hydroxylation is 1. The maximum absolute atomic E-state index is 13.9. The summed E-state index contributed by atoms with van der Waals surface area (Å²) >= 11 is 0. The zero-order valence-electron chi connectivity index (χ0n) is 18.7. The Morgan fingerprint density at radius 1 is 1.06 bits per heavy atom. The third-order valence-electron chi connectivity index (χ3n) is 8.13. The number of carbonyl (C=O) groups is 2. The fraction of sp³-hybridized carbons (Fsp3) is 0.560. The van der Waals surface area contributed by atoms with E-state index in [2.05, 4.69) is 46.1 Å². The van der Waals surface area contributed by atoms with Crippen LogP contribution in [0.4, 0.5) is 0 Å². The number of fused-ring (bicyclic) bond motifs is 1. The zero-order chi connectivity index (χ0) is 21.8. The van der Waals surface area contributed by atoms with Gasteiger partial charge in [0, 0.05) is 37.7 Å². The third-order valence-corrected chi connectivity index (χ3v) is 8.13. The molecule has 6 heteroatoms. The van der Waals surface area contributed by atoms with Crippen molar-refractivity contribution >= 4 is 11.8 Å². The minimum Gasteiger partial charge on any atom is -0.334 e. The highest BCUT2D eigenvalue weighted by molar-refractivity contribution is 5.93. The molecule has 31 heavy (non-hydrogen) atoms. The van der Waals surface area contributed by atoms with Crippen molar-refractivity contribution in [2.24, 2.45) is 12.5 Å². The van der Waals surface area contributed by atoms with Crippen LogP contribution in [-0.2, 0) is 18.3 Å².